The molecule has 0 rings (SSSR count). The summed E-state index contributed by atoms with van der Waals surface area (Å²) < 4.78 is 5.00. The summed E-state index contributed by atoms with van der Waals surface area (Å²) >= 11 is 3.99. The second-order valence-corrected chi connectivity index (χ2v) is 4.86. The van der Waals surface area contributed by atoms with Gasteiger partial charge < -0.3 is 4.74 Å². The first-order chi connectivity index (χ1) is 6.54. The zero-order valence-electron chi connectivity index (χ0n) is 10.2. The van der Waals surface area contributed by atoms with Crippen LogP contribution in [0, 0.1) is 5.92 Å². The minimum atomic E-state index is -0.300. The predicted octanol–water partition coefficient (Wildman–Crippen LogP) is 2.15. The molecule has 0 saturated heterocycles. The Kier molecular flexibility index (Phi) is 13.3. The number of thiol groups is 1. The first-order valence-corrected chi connectivity index (χ1v) is 5.90. The van der Waals surface area contributed by atoms with E-state index in [0.29, 0.717) is 6.61 Å². The van der Waals surface area contributed by atoms with Gasteiger partial charge in [0.2, 0.25) is 0 Å². The van der Waals surface area contributed by atoms with Gasteiger partial charge in [0, 0.05) is 0 Å². The SMILES string of the molecule is CC(C)CCCCCOC(=O)C(C)S.[SnH2]. The monoisotopic (exact) mass is 340 g/mol. The quantitative estimate of drug-likeness (QED) is 0.333. The molecule has 0 aliphatic rings. The van der Waals surface area contributed by atoms with Crippen molar-refractivity contribution in [3.8, 4) is 0 Å². The Labute approximate surface area is 116 Å². The van der Waals surface area contributed by atoms with Gasteiger partial charge in [-0.3, -0.25) is 4.79 Å². The van der Waals surface area contributed by atoms with Crippen molar-refractivity contribution in [2.24, 2.45) is 5.92 Å². The fourth-order valence-electron chi connectivity index (χ4n) is 1.12. The fraction of sp³-hybridized carbons (Fsp3) is 0.909. The van der Waals surface area contributed by atoms with Crippen LogP contribution in [0.15, 0.2) is 0 Å². The van der Waals surface area contributed by atoms with Crippen LogP contribution in [-0.2, 0) is 9.53 Å². The Morgan fingerprint density at radius 3 is 2.27 bits per heavy atom. The van der Waals surface area contributed by atoms with E-state index in [-0.39, 0.29) is 35.1 Å². The van der Waals surface area contributed by atoms with Gasteiger partial charge in [0.15, 0.2) is 0 Å². The topological polar surface area (TPSA) is 26.3 Å². The van der Waals surface area contributed by atoms with Crippen molar-refractivity contribution in [1.29, 1.82) is 0 Å². The molecule has 0 bridgehead atoms. The maximum atomic E-state index is 11.0. The molecule has 0 N–H and O–H groups in total. The number of carbonyl (C=O) groups excluding carboxylic acids is 1. The summed E-state index contributed by atoms with van der Waals surface area (Å²) in [5, 5.41) is -0.300. The number of carbonyl (C=O) groups is 1. The molecule has 90 valence electrons. The van der Waals surface area contributed by atoms with Gasteiger partial charge in [-0.05, 0) is 19.3 Å². The second kappa shape index (κ2) is 11.1. The number of ether oxygens (including phenoxy) is 1. The van der Waals surface area contributed by atoms with Crippen molar-refractivity contribution in [2.45, 2.75) is 51.7 Å². The Bertz CT molecular complexity index is 161. The molecule has 2 radical (unpaired) electrons. The number of hydrogen-bond donors (Lipinski definition) is 1. The molecule has 0 spiro atoms. The van der Waals surface area contributed by atoms with E-state index in [9.17, 15) is 4.79 Å². The summed E-state index contributed by atoms with van der Waals surface area (Å²) in [4.78, 5) is 11.0. The van der Waals surface area contributed by atoms with Crippen LogP contribution in [0.5, 0.6) is 0 Å². The molecule has 0 aromatic carbocycles. The van der Waals surface area contributed by atoms with Crippen molar-refractivity contribution in [2.75, 3.05) is 6.61 Å². The second-order valence-electron chi connectivity index (χ2n) is 4.09. The molecule has 2 nitrogen and oxygen atoms in total. The van der Waals surface area contributed by atoms with E-state index in [1.54, 1.807) is 6.92 Å². The van der Waals surface area contributed by atoms with Crippen LogP contribution in [0.2, 0.25) is 0 Å². The van der Waals surface area contributed by atoms with Crippen LogP contribution in [-0.4, -0.2) is 41.7 Å². The van der Waals surface area contributed by atoms with Crippen molar-refractivity contribution in [1.82, 2.24) is 0 Å². The molecule has 15 heavy (non-hydrogen) atoms. The summed E-state index contributed by atoms with van der Waals surface area (Å²) in [6, 6.07) is 0. The van der Waals surface area contributed by atoms with Gasteiger partial charge >= 0.3 is 29.9 Å². The summed E-state index contributed by atoms with van der Waals surface area (Å²) in [5.41, 5.74) is 0. The van der Waals surface area contributed by atoms with Gasteiger partial charge in [-0.1, -0.05) is 33.1 Å². The molecule has 0 heterocycles. The molecule has 0 aromatic rings. The number of rotatable bonds is 7. The van der Waals surface area contributed by atoms with E-state index < -0.39 is 0 Å². The fourth-order valence-corrected chi connectivity index (χ4v) is 1.20. The normalized spacial score (nSPS) is 12.1. The Morgan fingerprint density at radius 2 is 1.80 bits per heavy atom. The standard InChI is InChI=1S/C11H22O2S.Sn.2H/c1-9(2)7-5-4-6-8-13-11(12)10(3)14;;;/h9-10,14H,4-8H2,1-3H3;;;. The van der Waals surface area contributed by atoms with Crippen LogP contribution in [0.4, 0.5) is 0 Å². The summed E-state index contributed by atoms with van der Waals surface area (Å²) in [5.74, 6) is 0.562. The Hall–Kier alpha value is 0.619. The zero-order valence-corrected chi connectivity index (χ0v) is 15.1. The van der Waals surface area contributed by atoms with E-state index in [1.165, 1.54) is 12.8 Å². The third-order valence-electron chi connectivity index (χ3n) is 2.01. The van der Waals surface area contributed by atoms with E-state index in [2.05, 4.69) is 26.5 Å². The average Bonchev–Trinajstić information content (AvgIpc) is 2.09. The first kappa shape index (κ1) is 18.0. The number of hydrogen-bond acceptors (Lipinski definition) is 3. The van der Waals surface area contributed by atoms with Gasteiger partial charge in [0.25, 0.3) is 0 Å². The van der Waals surface area contributed by atoms with Crippen LogP contribution >= 0.6 is 12.6 Å². The van der Waals surface area contributed by atoms with Crippen LogP contribution in [0.1, 0.15) is 46.5 Å². The Morgan fingerprint density at radius 1 is 1.20 bits per heavy atom. The van der Waals surface area contributed by atoms with Gasteiger partial charge in [-0.2, -0.15) is 12.6 Å². The maximum absolute atomic E-state index is 11.0. The molecule has 1 atom stereocenters. The van der Waals surface area contributed by atoms with Gasteiger partial charge in [0.05, 0.1) is 11.9 Å². The molecule has 0 aliphatic carbocycles. The molecular formula is C11H24O2SSn. The number of esters is 1. The molecule has 0 fully saturated rings. The minimum absolute atomic E-state index is 0. The summed E-state index contributed by atoms with van der Waals surface area (Å²) in [7, 11) is 0. The van der Waals surface area contributed by atoms with Crippen molar-refractivity contribution >= 4 is 42.5 Å². The molecule has 4 heteroatoms. The molecule has 1 unspecified atom stereocenters. The Balaban J connectivity index is 0. The molecule has 0 saturated carbocycles. The van der Waals surface area contributed by atoms with Crippen LogP contribution in [0.3, 0.4) is 0 Å². The number of unbranched alkanes of at least 4 members (excludes halogenated alkanes) is 2. The third-order valence-corrected chi connectivity index (χ3v) is 2.22. The van der Waals surface area contributed by atoms with Gasteiger partial charge in [-0.15, -0.1) is 0 Å². The first-order valence-electron chi connectivity index (χ1n) is 5.38. The van der Waals surface area contributed by atoms with Crippen molar-refractivity contribution in [3.05, 3.63) is 0 Å². The third kappa shape index (κ3) is 12.6. The molecule has 0 aliphatic heterocycles. The predicted molar refractivity (Wildman–Crippen MR) is 71.3 cm³/mol. The molecule has 0 amide bonds. The van der Waals surface area contributed by atoms with Crippen molar-refractivity contribution in [3.63, 3.8) is 0 Å². The summed E-state index contributed by atoms with van der Waals surface area (Å²) in [6.07, 6.45) is 4.61. The summed E-state index contributed by atoms with van der Waals surface area (Å²) in [6.45, 7) is 6.72. The molecular weight excluding hydrogens is 315 g/mol. The zero-order chi connectivity index (χ0) is 11.0. The van der Waals surface area contributed by atoms with Gasteiger partial charge in [-0.25, -0.2) is 0 Å². The van der Waals surface area contributed by atoms with Crippen LogP contribution < -0.4 is 0 Å². The van der Waals surface area contributed by atoms with Crippen LogP contribution in [0.25, 0.3) is 0 Å². The van der Waals surface area contributed by atoms with E-state index >= 15 is 0 Å². The van der Waals surface area contributed by atoms with E-state index in [0.717, 1.165) is 18.8 Å². The molecule has 0 aromatic heterocycles. The van der Waals surface area contributed by atoms with Gasteiger partial charge in [0.1, 0.15) is 0 Å². The van der Waals surface area contributed by atoms with E-state index in [1.807, 2.05) is 0 Å². The van der Waals surface area contributed by atoms with Crippen molar-refractivity contribution < 1.29 is 9.53 Å². The average molecular weight is 339 g/mol. The van der Waals surface area contributed by atoms with E-state index in [4.69, 9.17) is 4.74 Å².